The highest BCUT2D eigenvalue weighted by atomic mass is 16.5. The van der Waals surface area contributed by atoms with E-state index in [1.54, 1.807) is 35.5 Å². The predicted molar refractivity (Wildman–Crippen MR) is 165 cm³/mol. The number of pyridine rings is 1. The molecule has 0 bridgehead atoms. The van der Waals surface area contributed by atoms with Crippen molar-refractivity contribution in [2.24, 2.45) is 5.92 Å². The Morgan fingerprint density at radius 1 is 1.17 bits per heavy atom. The normalized spacial score (nSPS) is 21.3. The molecule has 1 aromatic heterocycles. The van der Waals surface area contributed by atoms with Crippen molar-refractivity contribution in [1.82, 2.24) is 20.1 Å². The molecule has 10 heteroatoms. The van der Waals surface area contributed by atoms with Crippen LogP contribution in [-0.4, -0.2) is 89.5 Å². The number of aliphatic hydroxyl groups excluding tert-OH is 1. The summed E-state index contributed by atoms with van der Waals surface area (Å²) in [6, 6.07) is 8.34. The molecule has 0 unspecified atom stereocenters. The van der Waals surface area contributed by atoms with Gasteiger partial charge in [-0.3, -0.25) is 14.7 Å². The van der Waals surface area contributed by atoms with Gasteiger partial charge in [0.1, 0.15) is 5.75 Å². The van der Waals surface area contributed by atoms with Crippen LogP contribution in [0.1, 0.15) is 69.8 Å². The van der Waals surface area contributed by atoms with Crippen LogP contribution in [0, 0.1) is 5.92 Å². The lowest BCUT2D eigenvalue weighted by Crippen LogP contribution is -2.47. The molecule has 4 atom stereocenters. The summed E-state index contributed by atoms with van der Waals surface area (Å²) < 4.78 is 12.7. The number of fused-ring (bicyclic) bond motifs is 1. The van der Waals surface area contributed by atoms with Crippen LogP contribution < -0.4 is 15.4 Å². The number of aliphatic hydroxyl groups is 1. The molecule has 3 amide bonds. The third kappa shape index (κ3) is 10.3. The van der Waals surface area contributed by atoms with E-state index in [0.717, 1.165) is 25.8 Å². The number of hydrogen-bond acceptors (Lipinski definition) is 7. The van der Waals surface area contributed by atoms with Crippen LogP contribution in [0.4, 0.5) is 10.5 Å². The summed E-state index contributed by atoms with van der Waals surface area (Å²) in [4.78, 5) is 34.6. The van der Waals surface area contributed by atoms with Crippen LogP contribution in [0.5, 0.6) is 5.75 Å². The zero-order chi connectivity index (χ0) is 30.6. The number of urea groups is 1. The molecule has 10 nitrogen and oxygen atoms in total. The van der Waals surface area contributed by atoms with Crippen molar-refractivity contribution >= 4 is 17.6 Å². The van der Waals surface area contributed by atoms with Gasteiger partial charge in [-0.2, -0.15) is 0 Å². The second kappa shape index (κ2) is 16.4. The number of rotatable bonds is 8. The lowest BCUT2D eigenvalue weighted by atomic mass is 10.0. The minimum atomic E-state index is -0.436. The van der Waals surface area contributed by atoms with E-state index < -0.39 is 6.04 Å². The second-order valence-electron chi connectivity index (χ2n) is 11.8. The Morgan fingerprint density at radius 2 is 1.90 bits per heavy atom. The van der Waals surface area contributed by atoms with E-state index in [-0.39, 0.29) is 42.7 Å². The molecule has 0 saturated carbocycles. The van der Waals surface area contributed by atoms with Crippen molar-refractivity contribution in [3.63, 3.8) is 0 Å². The molecule has 3 rings (SSSR count). The lowest BCUT2D eigenvalue weighted by Gasteiger charge is -2.36. The maximum absolute atomic E-state index is 14.2. The average Bonchev–Trinajstić information content (AvgIpc) is 2.94. The summed E-state index contributed by atoms with van der Waals surface area (Å²) in [5, 5.41) is 15.8. The molecular formula is C32H49N5O5. The Kier molecular flexibility index (Phi) is 13.0. The number of amides is 3. The number of anilines is 1. The molecule has 1 aliphatic heterocycles. The van der Waals surface area contributed by atoms with E-state index in [4.69, 9.17) is 9.47 Å². The maximum atomic E-state index is 14.2. The summed E-state index contributed by atoms with van der Waals surface area (Å²) in [6.07, 6.45) is 6.00. The SMILES string of the molecule is CC(C)NC(=O)Nc1ccc2c(c1)C(=O)N([C@H](C)CO)C[C@@H](C)[C@@H](CN(C)Cc1ccncc1)OCCCC[C@@H](C)O2. The Labute approximate surface area is 250 Å². The number of ether oxygens (including phenoxy) is 2. The molecular weight excluding hydrogens is 534 g/mol. The fourth-order valence-electron chi connectivity index (χ4n) is 5.06. The molecule has 1 aromatic carbocycles. The van der Waals surface area contributed by atoms with Gasteiger partial charge >= 0.3 is 6.03 Å². The number of likely N-dealkylation sites (N-methyl/N-ethyl adjacent to an activating group) is 1. The van der Waals surface area contributed by atoms with Crippen molar-refractivity contribution in [1.29, 1.82) is 0 Å². The lowest BCUT2D eigenvalue weighted by molar-refractivity contribution is -0.0177. The number of nitrogens with one attached hydrogen (secondary N) is 2. The Bertz CT molecular complexity index is 1130. The van der Waals surface area contributed by atoms with Gasteiger partial charge in [-0.25, -0.2) is 4.79 Å². The number of hydrogen-bond donors (Lipinski definition) is 3. The van der Waals surface area contributed by atoms with Gasteiger partial charge < -0.3 is 30.1 Å². The van der Waals surface area contributed by atoms with E-state index in [2.05, 4.69) is 34.5 Å². The number of carbonyl (C=O) groups is 2. The first-order valence-electron chi connectivity index (χ1n) is 15.1. The van der Waals surface area contributed by atoms with Crippen molar-refractivity contribution in [2.75, 3.05) is 38.7 Å². The van der Waals surface area contributed by atoms with Crippen molar-refractivity contribution in [2.45, 2.75) is 84.7 Å². The van der Waals surface area contributed by atoms with Gasteiger partial charge in [-0.05, 0) is 89.9 Å². The van der Waals surface area contributed by atoms with Gasteiger partial charge in [0.05, 0.1) is 30.4 Å². The standard InChI is InChI=1S/C32H49N5O5/c1-22(2)34-32(40)35-27-10-11-29-28(17-27)31(39)37(24(4)21-38)18-23(3)30(41-16-8-7-9-25(5)42-29)20-36(6)19-26-12-14-33-15-13-26/h10-15,17,22-25,30,38H,7-9,16,18-21H2,1-6H3,(H2,34,35,40)/t23-,24-,25-,30-/m1/s1. The maximum Gasteiger partial charge on any atom is 0.319 e. The van der Waals surface area contributed by atoms with Gasteiger partial charge in [0.25, 0.3) is 5.91 Å². The Balaban J connectivity index is 1.90. The monoisotopic (exact) mass is 583 g/mol. The molecule has 3 N–H and O–H groups in total. The first-order valence-corrected chi connectivity index (χ1v) is 15.1. The topological polar surface area (TPSA) is 116 Å². The Morgan fingerprint density at radius 3 is 2.60 bits per heavy atom. The van der Waals surface area contributed by atoms with Gasteiger partial charge in [0.2, 0.25) is 0 Å². The summed E-state index contributed by atoms with van der Waals surface area (Å²) in [6.45, 7) is 11.9. The van der Waals surface area contributed by atoms with E-state index in [0.29, 0.717) is 36.7 Å². The van der Waals surface area contributed by atoms with Crippen LogP contribution in [0.15, 0.2) is 42.7 Å². The highest BCUT2D eigenvalue weighted by molar-refractivity contribution is 5.99. The van der Waals surface area contributed by atoms with E-state index in [1.165, 1.54) is 5.56 Å². The van der Waals surface area contributed by atoms with E-state index >= 15 is 0 Å². The summed E-state index contributed by atoms with van der Waals surface area (Å²) >= 11 is 0. The molecule has 0 aliphatic carbocycles. The highest BCUT2D eigenvalue weighted by Crippen LogP contribution is 2.28. The predicted octanol–water partition coefficient (Wildman–Crippen LogP) is 4.54. The molecule has 1 aliphatic rings. The van der Waals surface area contributed by atoms with Gasteiger partial charge in [-0.15, -0.1) is 0 Å². The zero-order valence-electron chi connectivity index (χ0n) is 26.0. The zero-order valence-corrected chi connectivity index (χ0v) is 26.0. The number of carbonyl (C=O) groups excluding carboxylic acids is 2. The van der Waals surface area contributed by atoms with Crippen LogP contribution in [0.3, 0.4) is 0 Å². The summed E-state index contributed by atoms with van der Waals surface area (Å²) in [5.74, 6) is 0.179. The van der Waals surface area contributed by atoms with Crippen molar-refractivity contribution < 1.29 is 24.2 Å². The molecule has 232 valence electrons. The first kappa shape index (κ1) is 33.3. The third-order valence-corrected chi connectivity index (χ3v) is 7.42. The molecule has 0 radical (unpaired) electrons. The van der Waals surface area contributed by atoms with Crippen molar-refractivity contribution in [3.8, 4) is 5.75 Å². The quantitative estimate of drug-likeness (QED) is 0.418. The first-order chi connectivity index (χ1) is 20.1. The molecule has 2 heterocycles. The summed E-state index contributed by atoms with van der Waals surface area (Å²) in [5.41, 5.74) is 2.01. The third-order valence-electron chi connectivity index (χ3n) is 7.42. The molecule has 2 aromatic rings. The smallest absolute Gasteiger partial charge is 0.319 e. The molecule has 0 saturated heterocycles. The van der Waals surface area contributed by atoms with Gasteiger partial charge in [0.15, 0.2) is 0 Å². The molecule has 0 spiro atoms. The van der Waals surface area contributed by atoms with Gasteiger partial charge in [-0.1, -0.05) is 6.92 Å². The highest BCUT2D eigenvalue weighted by Gasteiger charge is 2.30. The van der Waals surface area contributed by atoms with Crippen LogP contribution in [0.25, 0.3) is 0 Å². The number of nitrogens with zero attached hydrogens (tertiary/aromatic N) is 3. The molecule has 0 fully saturated rings. The van der Waals surface area contributed by atoms with Crippen LogP contribution in [-0.2, 0) is 11.3 Å². The van der Waals surface area contributed by atoms with Crippen LogP contribution in [0.2, 0.25) is 0 Å². The van der Waals surface area contributed by atoms with Gasteiger partial charge in [0, 0.05) is 56.3 Å². The second-order valence-corrected chi connectivity index (χ2v) is 11.8. The number of benzene rings is 1. The Hall–Kier alpha value is -3.21. The minimum absolute atomic E-state index is 0.0211. The van der Waals surface area contributed by atoms with E-state index in [9.17, 15) is 14.7 Å². The fraction of sp³-hybridized carbons (Fsp3) is 0.594. The van der Waals surface area contributed by atoms with Crippen molar-refractivity contribution in [3.05, 3.63) is 53.9 Å². The fourth-order valence-corrected chi connectivity index (χ4v) is 5.06. The summed E-state index contributed by atoms with van der Waals surface area (Å²) in [7, 11) is 2.07. The van der Waals surface area contributed by atoms with Crippen LogP contribution >= 0.6 is 0 Å². The average molecular weight is 584 g/mol. The number of aromatic nitrogens is 1. The minimum Gasteiger partial charge on any atom is -0.490 e. The van der Waals surface area contributed by atoms with E-state index in [1.807, 2.05) is 39.8 Å². The largest absolute Gasteiger partial charge is 0.490 e. The molecule has 42 heavy (non-hydrogen) atoms.